The van der Waals surface area contributed by atoms with Gasteiger partial charge in [-0.05, 0) is 108 Å². The fourth-order valence-corrected chi connectivity index (χ4v) is 10.7. The molecular weight excluding hydrogens is 392 g/mol. The van der Waals surface area contributed by atoms with Gasteiger partial charge in [0.25, 0.3) is 0 Å². The molecule has 0 amide bonds. The van der Waals surface area contributed by atoms with Crippen molar-refractivity contribution < 1.29 is 10.2 Å². The number of aliphatic hydroxyl groups is 2. The van der Waals surface area contributed by atoms with Gasteiger partial charge in [-0.3, -0.25) is 0 Å². The molecule has 0 aromatic carbocycles. The van der Waals surface area contributed by atoms with Crippen LogP contribution in [0.3, 0.4) is 0 Å². The Morgan fingerprint density at radius 1 is 0.812 bits per heavy atom. The molecule has 0 aliphatic heterocycles. The minimum atomic E-state index is -0.321. The van der Waals surface area contributed by atoms with Crippen molar-refractivity contribution in [3.63, 3.8) is 0 Å². The Hall–Kier alpha value is -0.340. The van der Waals surface area contributed by atoms with Crippen LogP contribution in [0.2, 0.25) is 0 Å². The van der Waals surface area contributed by atoms with Gasteiger partial charge in [0.05, 0.1) is 12.2 Å². The highest BCUT2D eigenvalue weighted by molar-refractivity contribution is 5.34. The molecule has 9 atom stereocenters. The summed E-state index contributed by atoms with van der Waals surface area (Å²) in [6.45, 7) is 19.6. The first-order valence-electron chi connectivity index (χ1n) is 13.7. The van der Waals surface area contributed by atoms with Gasteiger partial charge >= 0.3 is 0 Å². The maximum atomic E-state index is 11.8. The van der Waals surface area contributed by atoms with Gasteiger partial charge in [-0.25, -0.2) is 0 Å². The first-order valence-corrected chi connectivity index (χ1v) is 13.7. The Labute approximate surface area is 197 Å². The maximum Gasteiger partial charge on any atom is 0.0595 e. The van der Waals surface area contributed by atoms with Crippen LogP contribution in [-0.2, 0) is 0 Å². The molecule has 0 unspecified atom stereocenters. The van der Waals surface area contributed by atoms with Crippen molar-refractivity contribution in [3.8, 4) is 0 Å². The van der Waals surface area contributed by atoms with Crippen LogP contribution in [-0.4, -0.2) is 22.4 Å². The van der Waals surface area contributed by atoms with E-state index in [4.69, 9.17) is 0 Å². The topological polar surface area (TPSA) is 40.5 Å². The summed E-state index contributed by atoms with van der Waals surface area (Å²) >= 11 is 0. The van der Waals surface area contributed by atoms with Crippen LogP contribution in [0.25, 0.3) is 0 Å². The average Bonchev–Trinajstić information content (AvgIpc) is 2.67. The van der Waals surface area contributed by atoms with Gasteiger partial charge < -0.3 is 10.2 Å². The first-order chi connectivity index (χ1) is 14.6. The van der Waals surface area contributed by atoms with Gasteiger partial charge in [-0.1, -0.05) is 67.0 Å². The van der Waals surface area contributed by atoms with Crippen LogP contribution < -0.4 is 0 Å². The minimum Gasteiger partial charge on any atom is -0.393 e. The minimum absolute atomic E-state index is 0.0901. The Bertz CT molecular complexity index is 825. The third kappa shape index (κ3) is 2.78. The van der Waals surface area contributed by atoms with Gasteiger partial charge in [0.1, 0.15) is 0 Å². The lowest BCUT2D eigenvalue weighted by atomic mass is 9.33. The van der Waals surface area contributed by atoms with Crippen molar-refractivity contribution in [2.45, 2.75) is 125 Å². The maximum absolute atomic E-state index is 11.8. The Morgan fingerprint density at radius 2 is 1.47 bits per heavy atom. The second-order valence-corrected chi connectivity index (χ2v) is 15.4. The number of aliphatic hydroxyl groups excluding tert-OH is 2. The Balaban J connectivity index is 1.60. The lowest BCUT2D eigenvalue weighted by molar-refractivity contribution is -0.241. The molecule has 0 heterocycles. The van der Waals surface area contributed by atoms with Crippen LogP contribution in [0.1, 0.15) is 113 Å². The molecule has 32 heavy (non-hydrogen) atoms. The molecule has 5 aliphatic rings. The molecule has 4 saturated carbocycles. The van der Waals surface area contributed by atoms with Crippen LogP contribution >= 0.6 is 0 Å². The molecule has 2 heteroatoms. The lowest BCUT2D eigenvalue weighted by Gasteiger charge is -2.72. The fraction of sp³-hybridized carbons (Fsp3) is 0.933. The molecular formula is C30H50O2. The summed E-state index contributed by atoms with van der Waals surface area (Å²) in [5.74, 6) is 1.47. The van der Waals surface area contributed by atoms with E-state index in [1.807, 2.05) is 0 Å². The smallest absolute Gasteiger partial charge is 0.0595 e. The third-order valence-electron chi connectivity index (χ3n) is 12.9. The molecule has 0 spiro atoms. The molecule has 2 N–H and O–H groups in total. The Morgan fingerprint density at radius 3 is 2.16 bits per heavy atom. The third-order valence-corrected chi connectivity index (χ3v) is 12.9. The van der Waals surface area contributed by atoms with Crippen molar-refractivity contribution in [1.29, 1.82) is 0 Å². The van der Waals surface area contributed by atoms with Crippen molar-refractivity contribution in [2.75, 3.05) is 0 Å². The van der Waals surface area contributed by atoms with Gasteiger partial charge in [-0.15, -0.1) is 0 Å². The average molecular weight is 443 g/mol. The van der Waals surface area contributed by atoms with E-state index >= 15 is 0 Å². The summed E-state index contributed by atoms with van der Waals surface area (Å²) in [7, 11) is 0. The number of fused-ring (bicyclic) bond motifs is 7. The standard InChI is InChI=1S/C30H50O2/c1-25(2)13-14-27(5)15-16-29(7)19(20(27)17-25)9-10-22-28(6)12-11-23(32)26(3,4)24(28)21(31)18-30(22,29)8/h9,20-24,31-32H,10-18H2,1-8H3/t20-,21-,22+,23-,24-,27+,28+,29+,30+/m0/s1. The van der Waals surface area contributed by atoms with Crippen molar-refractivity contribution in [3.05, 3.63) is 11.6 Å². The van der Waals surface area contributed by atoms with Crippen LogP contribution in [0.4, 0.5) is 0 Å². The normalized spacial score (nSPS) is 56.2. The van der Waals surface area contributed by atoms with Crippen LogP contribution in [0.15, 0.2) is 11.6 Å². The van der Waals surface area contributed by atoms with E-state index in [1.54, 1.807) is 5.57 Å². The van der Waals surface area contributed by atoms with Crippen molar-refractivity contribution >= 4 is 0 Å². The van der Waals surface area contributed by atoms with E-state index in [-0.39, 0.29) is 39.8 Å². The van der Waals surface area contributed by atoms with E-state index in [9.17, 15) is 10.2 Å². The first kappa shape index (κ1) is 23.4. The quantitative estimate of drug-likeness (QED) is 0.391. The monoisotopic (exact) mass is 442 g/mol. The highest BCUT2D eigenvalue weighted by Gasteiger charge is 2.69. The summed E-state index contributed by atoms with van der Waals surface area (Å²) in [6.07, 6.45) is 12.8. The largest absolute Gasteiger partial charge is 0.393 e. The highest BCUT2D eigenvalue weighted by atomic mass is 16.3. The molecule has 0 radical (unpaired) electrons. The van der Waals surface area contributed by atoms with E-state index in [0.717, 1.165) is 19.3 Å². The summed E-state index contributed by atoms with van der Waals surface area (Å²) in [5, 5.41) is 22.7. The fourth-order valence-electron chi connectivity index (χ4n) is 10.7. The summed E-state index contributed by atoms with van der Waals surface area (Å²) in [4.78, 5) is 0. The zero-order valence-corrected chi connectivity index (χ0v) is 22.2. The molecule has 5 aliphatic carbocycles. The zero-order chi connectivity index (χ0) is 23.5. The molecule has 0 aromatic heterocycles. The molecule has 0 aromatic rings. The number of allylic oxidation sites excluding steroid dienone is 2. The molecule has 0 saturated heterocycles. The van der Waals surface area contributed by atoms with Gasteiger partial charge in [0, 0.05) is 0 Å². The SMILES string of the molecule is CC1(C)CC[C@]2(C)CC[C@]3(C)C(=CC[C@@H]4[C@@]5(C)CC[C@H](O)C(C)(C)[C@@H]5[C@@H](O)C[C@]43C)[C@@H]2C1. The van der Waals surface area contributed by atoms with E-state index in [1.165, 1.54) is 38.5 Å². The number of rotatable bonds is 0. The molecule has 182 valence electrons. The summed E-state index contributed by atoms with van der Waals surface area (Å²) in [5.41, 5.74) is 2.84. The molecule has 5 rings (SSSR count). The van der Waals surface area contributed by atoms with Crippen molar-refractivity contribution in [1.82, 2.24) is 0 Å². The predicted molar refractivity (Wildman–Crippen MR) is 132 cm³/mol. The molecule has 2 nitrogen and oxygen atoms in total. The van der Waals surface area contributed by atoms with E-state index in [2.05, 4.69) is 61.5 Å². The van der Waals surface area contributed by atoms with E-state index in [0.29, 0.717) is 22.7 Å². The Kier molecular flexibility index (Phi) is 4.87. The highest BCUT2D eigenvalue weighted by Crippen LogP contribution is 2.75. The van der Waals surface area contributed by atoms with Crippen LogP contribution in [0, 0.1) is 50.2 Å². The van der Waals surface area contributed by atoms with Crippen LogP contribution in [0.5, 0.6) is 0 Å². The van der Waals surface area contributed by atoms with Crippen molar-refractivity contribution in [2.24, 2.45) is 50.2 Å². The van der Waals surface area contributed by atoms with E-state index < -0.39 is 0 Å². The molecule has 4 fully saturated rings. The summed E-state index contributed by atoms with van der Waals surface area (Å²) < 4.78 is 0. The number of hydrogen-bond acceptors (Lipinski definition) is 2. The van der Waals surface area contributed by atoms with Gasteiger partial charge in [0.2, 0.25) is 0 Å². The summed E-state index contributed by atoms with van der Waals surface area (Å²) in [6, 6.07) is 0. The van der Waals surface area contributed by atoms with Gasteiger partial charge in [-0.2, -0.15) is 0 Å². The lowest BCUT2D eigenvalue weighted by Crippen LogP contribution is -2.68. The molecule has 0 bridgehead atoms. The predicted octanol–water partition coefficient (Wildman–Crippen LogP) is 7.14. The second kappa shape index (κ2) is 6.66. The zero-order valence-electron chi connectivity index (χ0n) is 22.2. The van der Waals surface area contributed by atoms with Gasteiger partial charge in [0.15, 0.2) is 0 Å². The number of hydrogen-bond donors (Lipinski definition) is 2. The second-order valence-electron chi connectivity index (χ2n) is 15.4.